The van der Waals surface area contributed by atoms with Crippen LogP contribution >= 0.6 is 0 Å². The number of rotatable bonds is 2. The van der Waals surface area contributed by atoms with Gasteiger partial charge in [-0.1, -0.05) is 12.8 Å². The molecular formula is C10H12F3N3O2. The van der Waals surface area contributed by atoms with Gasteiger partial charge >= 0.3 is 12.3 Å². The van der Waals surface area contributed by atoms with Crippen molar-refractivity contribution >= 4 is 11.8 Å². The van der Waals surface area contributed by atoms with E-state index in [2.05, 4.69) is 5.10 Å². The summed E-state index contributed by atoms with van der Waals surface area (Å²) in [7, 11) is 0. The van der Waals surface area contributed by atoms with E-state index in [4.69, 9.17) is 10.8 Å². The van der Waals surface area contributed by atoms with Crippen molar-refractivity contribution in [3.8, 4) is 0 Å². The molecule has 1 aromatic rings. The van der Waals surface area contributed by atoms with E-state index < -0.39 is 23.8 Å². The van der Waals surface area contributed by atoms with Crippen LogP contribution in [0.1, 0.15) is 47.7 Å². The number of hydrogen-bond acceptors (Lipinski definition) is 3. The predicted octanol–water partition coefficient (Wildman–Crippen LogP) is 2.30. The molecular weight excluding hydrogens is 251 g/mol. The van der Waals surface area contributed by atoms with Crippen molar-refractivity contribution in [2.75, 3.05) is 5.73 Å². The zero-order chi connectivity index (χ0) is 13.5. The van der Waals surface area contributed by atoms with E-state index in [1.54, 1.807) is 0 Å². The highest BCUT2D eigenvalue weighted by Gasteiger charge is 2.39. The van der Waals surface area contributed by atoms with Crippen molar-refractivity contribution in [2.45, 2.75) is 37.9 Å². The van der Waals surface area contributed by atoms with Crippen LogP contribution in [0.4, 0.5) is 19.0 Å². The van der Waals surface area contributed by atoms with Gasteiger partial charge in [-0.25, -0.2) is 4.79 Å². The number of carboxylic acids is 1. The van der Waals surface area contributed by atoms with Crippen LogP contribution in [0.2, 0.25) is 0 Å². The van der Waals surface area contributed by atoms with E-state index in [0.29, 0.717) is 12.8 Å². The topological polar surface area (TPSA) is 81.1 Å². The van der Waals surface area contributed by atoms with Crippen molar-refractivity contribution in [1.82, 2.24) is 9.78 Å². The molecule has 5 nitrogen and oxygen atoms in total. The standard InChI is InChI=1S/C10H12F3N3O2/c11-10(12,13)16-8(14)6(5-3-1-2-4-5)7(15-16)9(17)18/h5H,1-4,14H2,(H,17,18). The monoisotopic (exact) mass is 263 g/mol. The quantitative estimate of drug-likeness (QED) is 0.857. The fourth-order valence-corrected chi connectivity index (χ4v) is 2.41. The highest BCUT2D eigenvalue weighted by molar-refractivity contribution is 5.89. The van der Waals surface area contributed by atoms with Crippen molar-refractivity contribution < 1.29 is 23.1 Å². The normalized spacial score (nSPS) is 17.3. The average molecular weight is 263 g/mol. The van der Waals surface area contributed by atoms with Gasteiger partial charge in [-0.3, -0.25) is 0 Å². The third kappa shape index (κ3) is 2.02. The Morgan fingerprint density at radius 2 is 1.94 bits per heavy atom. The molecule has 0 amide bonds. The van der Waals surface area contributed by atoms with Crippen LogP contribution in [0.3, 0.4) is 0 Å². The minimum Gasteiger partial charge on any atom is -0.476 e. The molecule has 2 rings (SSSR count). The van der Waals surface area contributed by atoms with Crippen LogP contribution in [-0.4, -0.2) is 20.9 Å². The van der Waals surface area contributed by atoms with Gasteiger partial charge in [0, 0.05) is 5.56 Å². The summed E-state index contributed by atoms with van der Waals surface area (Å²) in [4.78, 5) is 11.0. The Kier molecular flexibility index (Phi) is 2.95. The summed E-state index contributed by atoms with van der Waals surface area (Å²) in [5, 5.41) is 12.0. The first-order chi connectivity index (χ1) is 8.32. The number of halogens is 3. The molecule has 0 unspecified atom stereocenters. The molecule has 1 saturated carbocycles. The highest BCUT2D eigenvalue weighted by Crippen LogP contribution is 2.40. The second-order valence-corrected chi connectivity index (χ2v) is 4.31. The summed E-state index contributed by atoms with van der Waals surface area (Å²) in [6.07, 6.45) is -1.78. The third-order valence-electron chi connectivity index (χ3n) is 3.17. The van der Waals surface area contributed by atoms with Gasteiger partial charge in [0.25, 0.3) is 0 Å². The van der Waals surface area contributed by atoms with Crippen LogP contribution < -0.4 is 5.73 Å². The predicted molar refractivity (Wildman–Crippen MR) is 56.1 cm³/mol. The maximum Gasteiger partial charge on any atom is 0.506 e. The van der Waals surface area contributed by atoms with Crippen LogP contribution in [-0.2, 0) is 6.30 Å². The Balaban J connectivity index is 2.55. The number of nitrogen functional groups attached to an aromatic ring is 1. The lowest BCUT2D eigenvalue weighted by Gasteiger charge is -2.11. The molecule has 1 aliphatic carbocycles. The van der Waals surface area contributed by atoms with Gasteiger partial charge in [0.05, 0.1) is 0 Å². The lowest BCUT2D eigenvalue weighted by Crippen LogP contribution is -2.21. The average Bonchev–Trinajstić information content (AvgIpc) is 2.81. The SMILES string of the molecule is Nc1c(C2CCCC2)c(C(=O)O)nn1C(F)(F)F. The van der Waals surface area contributed by atoms with Gasteiger partial charge in [-0.15, -0.1) is 13.2 Å². The van der Waals surface area contributed by atoms with Crippen molar-refractivity contribution in [1.29, 1.82) is 0 Å². The number of hydrogen-bond donors (Lipinski definition) is 2. The van der Waals surface area contributed by atoms with E-state index >= 15 is 0 Å². The highest BCUT2D eigenvalue weighted by atomic mass is 19.4. The number of anilines is 1. The third-order valence-corrected chi connectivity index (χ3v) is 3.17. The van der Waals surface area contributed by atoms with Crippen molar-refractivity contribution in [3.63, 3.8) is 0 Å². The molecule has 1 fully saturated rings. The molecule has 0 aliphatic heterocycles. The number of aromatic carboxylic acids is 1. The zero-order valence-electron chi connectivity index (χ0n) is 9.37. The number of nitrogens with two attached hydrogens (primary N) is 1. The first-order valence-corrected chi connectivity index (χ1v) is 5.51. The Hall–Kier alpha value is -1.73. The molecule has 0 saturated heterocycles. The molecule has 3 N–H and O–H groups in total. The minimum atomic E-state index is -4.80. The van der Waals surface area contributed by atoms with E-state index in [1.165, 1.54) is 0 Å². The van der Waals surface area contributed by atoms with Gasteiger partial charge < -0.3 is 10.8 Å². The Morgan fingerprint density at radius 1 is 1.39 bits per heavy atom. The maximum atomic E-state index is 12.6. The first-order valence-electron chi connectivity index (χ1n) is 5.51. The molecule has 0 spiro atoms. The minimum absolute atomic E-state index is 0.0253. The van der Waals surface area contributed by atoms with Crippen LogP contribution in [0.5, 0.6) is 0 Å². The van der Waals surface area contributed by atoms with Gasteiger partial charge in [0.15, 0.2) is 5.69 Å². The summed E-state index contributed by atoms with van der Waals surface area (Å²) >= 11 is 0. The van der Waals surface area contributed by atoms with E-state index in [0.717, 1.165) is 12.8 Å². The lowest BCUT2D eigenvalue weighted by molar-refractivity contribution is -0.210. The van der Waals surface area contributed by atoms with Crippen molar-refractivity contribution in [2.24, 2.45) is 0 Å². The maximum absolute atomic E-state index is 12.6. The van der Waals surface area contributed by atoms with Crippen LogP contribution in [0.15, 0.2) is 0 Å². The lowest BCUT2D eigenvalue weighted by atomic mass is 9.97. The molecule has 0 radical (unpaired) electrons. The number of nitrogens with zero attached hydrogens (tertiary/aromatic N) is 2. The molecule has 0 atom stereocenters. The molecule has 1 heterocycles. The van der Waals surface area contributed by atoms with Gasteiger partial charge in [0.1, 0.15) is 5.82 Å². The summed E-state index contributed by atoms with van der Waals surface area (Å²) in [6, 6.07) is 0. The van der Waals surface area contributed by atoms with Gasteiger partial charge in [0.2, 0.25) is 0 Å². The largest absolute Gasteiger partial charge is 0.506 e. The molecule has 100 valence electrons. The van der Waals surface area contributed by atoms with E-state index in [9.17, 15) is 18.0 Å². The number of aromatic nitrogens is 2. The zero-order valence-corrected chi connectivity index (χ0v) is 9.37. The van der Waals surface area contributed by atoms with Crippen LogP contribution in [0, 0.1) is 0 Å². The summed E-state index contributed by atoms with van der Waals surface area (Å²) in [6.45, 7) is 0. The summed E-state index contributed by atoms with van der Waals surface area (Å²) < 4.78 is 37.5. The molecule has 1 aliphatic rings. The number of alkyl halides is 3. The number of carboxylic acid groups (broad SMARTS) is 1. The van der Waals surface area contributed by atoms with E-state index in [1.807, 2.05) is 0 Å². The summed E-state index contributed by atoms with van der Waals surface area (Å²) in [5.41, 5.74) is 4.86. The molecule has 8 heteroatoms. The Bertz CT molecular complexity index is 475. The smallest absolute Gasteiger partial charge is 0.476 e. The van der Waals surface area contributed by atoms with Gasteiger partial charge in [-0.2, -0.15) is 9.78 Å². The van der Waals surface area contributed by atoms with Crippen LogP contribution in [0.25, 0.3) is 0 Å². The Morgan fingerprint density at radius 3 is 2.39 bits per heavy atom. The Labute approximate surface area is 100 Å². The fraction of sp³-hybridized carbons (Fsp3) is 0.600. The summed E-state index contributed by atoms with van der Waals surface area (Å²) in [5.74, 6) is -2.33. The molecule has 0 bridgehead atoms. The number of carbonyl (C=O) groups is 1. The fourth-order valence-electron chi connectivity index (χ4n) is 2.41. The molecule has 1 aromatic heterocycles. The van der Waals surface area contributed by atoms with E-state index in [-0.39, 0.29) is 16.2 Å². The first kappa shape index (κ1) is 12.7. The molecule has 0 aromatic carbocycles. The van der Waals surface area contributed by atoms with Gasteiger partial charge in [-0.05, 0) is 18.8 Å². The van der Waals surface area contributed by atoms with Crippen molar-refractivity contribution in [3.05, 3.63) is 11.3 Å². The second kappa shape index (κ2) is 4.18. The molecule has 18 heavy (non-hydrogen) atoms. The second-order valence-electron chi connectivity index (χ2n) is 4.31.